The van der Waals surface area contributed by atoms with Gasteiger partial charge in [0.2, 0.25) is 0 Å². The number of aliphatic hydroxyl groups excluding tert-OH is 1. The molecule has 1 fully saturated rings. The summed E-state index contributed by atoms with van der Waals surface area (Å²) in [6.07, 6.45) is 1.04. The molecular formula is C16H25NO2. The van der Waals surface area contributed by atoms with Crippen molar-refractivity contribution < 1.29 is 9.84 Å². The SMILES string of the molecule is Cc1cc(C)c(CCNCC2(CO)COC2)c(C)c1. The van der Waals surface area contributed by atoms with Crippen LogP contribution in [0.2, 0.25) is 0 Å². The molecule has 1 aliphatic heterocycles. The van der Waals surface area contributed by atoms with E-state index in [1.165, 1.54) is 22.3 Å². The van der Waals surface area contributed by atoms with Crippen molar-refractivity contribution >= 4 is 0 Å². The van der Waals surface area contributed by atoms with Crippen LogP contribution in [0.5, 0.6) is 0 Å². The maximum absolute atomic E-state index is 9.35. The van der Waals surface area contributed by atoms with Gasteiger partial charge in [0.25, 0.3) is 0 Å². The molecule has 1 saturated heterocycles. The Kier molecular flexibility index (Phi) is 4.61. The molecule has 1 heterocycles. The summed E-state index contributed by atoms with van der Waals surface area (Å²) in [5.41, 5.74) is 5.50. The number of hydrogen-bond donors (Lipinski definition) is 2. The zero-order valence-corrected chi connectivity index (χ0v) is 12.3. The molecule has 1 aromatic carbocycles. The van der Waals surface area contributed by atoms with Gasteiger partial charge in [-0.2, -0.15) is 0 Å². The van der Waals surface area contributed by atoms with E-state index in [2.05, 4.69) is 38.2 Å². The first kappa shape index (κ1) is 14.5. The molecule has 1 aromatic rings. The van der Waals surface area contributed by atoms with E-state index < -0.39 is 0 Å². The fourth-order valence-corrected chi connectivity index (χ4v) is 2.81. The van der Waals surface area contributed by atoms with Gasteiger partial charge in [0.1, 0.15) is 0 Å². The summed E-state index contributed by atoms with van der Waals surface area (Å²) in [5, 5.41) is 12.8. The van der Waals surface area contributed by atoms with E-state index in [1.807, 2.05) is 0 Å². The van der Waals surface area contributed by atoms with Crippen molar-refractivity contribution in [2.45, 2.75) is 27.2 Å². The van der Waals surface area contributed by atoms with E-state index in [4.69, 9.17) is 4.74 Å². The van der Waals surface area contributed by atoms with Crippen LogP contribution in [0.15, 0.2) is 12.1 Å². The second-order valence-electron chi connectivity index (χ2n) is 5.95. The normalized spacial score (nSPS) is 17.3. The highest BCUT2D eigenvalue weighted by Gasteiger charge is 2.37. The highest BCUT2D eigenvalue weighted by Crippen LogP contribution is 2.25. The van der Waals surface area contributed by atoms with E-state index in [-0.39, 0.29) is 12.0 Å². The van der Waals surface area contributed by atoms with Crippen LogP contribution in [0, 0.1) is 26.2 Å². The summed E-state index contributed by atoms with van der Waals surface area (Å²) in [6, 6.07) is 4.49. The monoisotopic (exact) mass is 263 g/mol. The minimum Gasteiger partial charge on any atom is -0.396 e. The first-order valence-electron chi connectivity index (χ1n) is 7.02. The molecule has 2 rings (SSSR count). The minimum absolute atomic E-state index is 0.0304. The van der Waals surface area contributed by atoms with Crippen LogP contribution in [-0.4, -0.2) is 38.0 Å². The molecule has 0 aliphatic carbocycles. The van der Waals surface area contributed by atoms with Gasteiger partial charge in [-0.15, -0.1) is 0 Å². The summed E-state index contributed by atoms with van der Waals surface area (Å²) in [5.74, 6) is 0. The van der Waals surface area contributed by atoms with Gasteiger partial charge in [-0.05, 0) is 50.4 Å². The first-order chi connectivity index (χ1) is 9.06. The highest BCUT2D eigenvalue weighted by molar-refractivity contribution is 5.37. The quantitative estimate of drug-likeness (QED) is 0.768. The minimum atomic E-state index is -0.0304. The van der Waals surface area contributed by atoms with E-state index in [9.17, 15) is 5.11 Å². The summed E-state index contributed by atoms with van der Waals surface area (Å²) in [7, 11) is 0. The van der Waals surface area contributed by atoms with Crippen LogP contribution < -0.4 is 5.32 Å². The van der Waals surface area contributed by atoms with Crippen molar-refractivity contribution in [2.24, 2.45) is 5.41 Å². The molecule has 0 aromatic heterocycles. The number of rotatable bonds is 6. The average Bonchev–Trinajstić information content (AvgIpc) is 2.29. The van der Waals surface area contributed by atoms with Crippen LogP contribution in [-0.2, 0) is 11.2 Å². The summed E-state index contributed by atoms with van der Waals surface area (Å²) in [4.78, 5) is 0. The van der Waals surface area contributed by atoms with Crippen LogP contribution >= 0.6 is 0 Å². The third-order valence-electron chi connectivity index (χ3n) is 4.04. The Morgan fingerprint density at radius 1 is 1.21 bits per heavy atom. The maximum atomic E-state index is 9.35. The van der Waals surface area contributed by atoms with Crippen LogP contribution in [0.3, 0.4) is 0 Å². The Morgan fingerprint density at radius 2 is 1.84 bits per heavy atom. The van der Waals surface area contributed by atoms with E-state index in [0.29, 0.717) is 13.2 Å². The molecule has 0 radical (unpaired) electrons. The predicted octanol–water partition coefficient (Wildman–Crippen LogP) is 1.75. The Bertz CT molecular complexity index is 410. The smallest absolute Gasteiger partial charge is 0.0579 e. The lowest BCUT2D eigenvalue weighted by molar-refractivity contribution is -0.134. The molecule has 0 amide bonds. The number of benzene rings is 1. The lowest BCUT2D eigenvalue weighted by Crippen LogP contribution is -2.52. The standard InChI is InChI=1S/C16H25NO2/c1-12-6-13(2)15(14(3)7-12)4-5-17-8-16(9-18)10-19-11-16/h6-7,17-18H,4-5,8-11H2,1-3H3. The van der Waals surface area contributed by atoms with Crippen molar-refractivity contribution in [1.82, 2.24) is 5.32 Å². The first-order valence-corrected chi connectivity index (χ1v) is 7.02. The van der Waals surface area contributed by atoms with Gasteiger partial charge in [0.15, 0.2) is 0 Å². The predicted molar refractivity (Wildman–Crippen MR) is 77.6 cm³/mol. The number of aryl methyl sites for hydroxylation is 3. The molecule has 3 nitrogen and oxygen atoms in total. The molecule has 0 saturated carbocycles. The van der Waals surface area contributed by atoms with Gasteiger partial charge in [-0.1, -0.05) is 17.7 Å². The Hall–Kier alpha value is -0.900. The van der Waals surface area contributed by atoms with Gasteiger partial charge in [-0.3, -0.25) is 0 Å². The molecular weight excluding hydrogens is 238 g/mol. The summed E-state index contributed by atoms with van der Waals surface area (Å²) in [6.45, 7) is 9.87. The van der Waals surface area contributed by atoms with Gasteiger partial charge in [0, 0.05) is 6.54 Å². The van der Waals surface area contributed by atoms with Crippen molar-refractivity contribution in [3.63, 3.8) is 0 Å². The van der Waals surface area contributed by atoms with Gasteiger partial charge < -0.3 is 15.2 Å². The highest BCUT2D eigenvalue weighted by atomic mass is 16.5. The maximum Gasteiger partial charge on any atom is 0.0579 e. The Balaban J connectivity index is 1.83. The Labute approximate surface area is 116 Å². The molecule has 0 unspecified atom stereocenters. The second kappa shape index (κ2) is 6.04. The number of nitrogens with one attached hydrogen (secondary N) is 1. The number of aliphatic hydroxyl groups is 1. The zero-order valence-electron chi connectivity index (χ0n) is 12.3. The van der Waals surface area contributed by atoms with E-state index in [0.717, 1.165) is 19.5 Å². The van der Waals surface area contributed by atoms with Crippen molar-refractivity contribution in [2.75, 3.05) is 32.9 Å². The van der Waals surface area contributed by atoms with E-state index in [1.54, 1.807) is 0 Å². The van der Waals surface area contributed by atoms with Crippen LogP contribution in [0.4, 0.5) is 0 Å². The van der Waals surface area contributed by atoms with Crippen molar-refractivity contribution in [3.8, 4) is 0 Å². The van der Waals surface area contributed by atoms with E-state index >= 15 is 0 Å². The lowest BCUT2D eigenvalue weighted by Gasteiger charge is -2.40. The molecule has 0 bridgehead atoms. The molecule has 0 spiro atoms. The average molecular weight is 263 g/mol. The van der Waals surface area contributed by atoms with Crippen molar-refractivity contribution in [3.05, 3.63) is 34.4 Å². The topological polar surface area (TPSA) is 41.5 Å². The fourth-order valence-electron chi connectivity index (χ4n) is 2.81. The van der Waals surface area contributed by atoms with Crippen LogP contribution in [0.25, 0.3) is 0 Å². The number of ether oxygens (including phenoxy) is 1. The third kappa shape index (κ3) is 3.35. The van der Waals surface area contributed by atoms with Gasteiger partial charge in [-0.25, -0.2) is 0 Å². The molecule has 0 atom stereocenters. The van der Waals surface area contributed by atoms with Gasteiger partial charge >= 0.3 is 0 Å². The molecule has 1 aliphatic rings. The van der Waals surface area contributed by atoms with Crippen LogP contribution in [0.1, 0.15) is 22.3 Å². The summed E-state index contributed by atoms with van der Waals surface area (Å²) < 4.78 is 5.20. The molecule has 3 heteroatoms. The zero-order chi connectivity index (χ0) is 13.9. The third-order valence-corrected chi connectivity index (χ3v) is 4.04. The van der Waals surface area contributed by atoms with Gasteiger partial charge in [0.05, 0.1) is 25.2 Å². The Morgan fingerprint density at radius 3 is 2.32 bits per heavy atom. The fraction of sp³-hybridized carbons (Fsp3) is 0.625. The number of hydrogen-bond acceptors (Lipinski definition) is 3. The lowest BCUT2D eigenvalue weighted by atomic mass is 9.87. The molecule has 106 valence electrons. The second-order valence-corrected chi connectivity index (χ2v) is 5.95. The molecule has 19 heavy (non-hydrogen) atoms. The largest absolute Gasteiger partial charge is 0.396 e. The summed E-state index contributed by atoms with van der Waals surface area (Å²) >= 11 is 0. The molecule has 2 N–H and O–H groups in total. The van der Waals surface area contributed by atoms with Crippen molar-refractivity contribution in [1.29, 1.82) is 0 Å².